The molecule has 0 unspecified atom stereocenters. The molecule has 4 atom stereocenters. The van der Waals surface area contributed by atoms with E-state index in [9.17, 15) is 14.4 Å². The molecule has 0 aliphatic rings. The Morgan fingerprint density at radius 3 is 1.61 bits per heavy atom. The zero-order valence-electron chi connectivity index (χ0n) is 16.2. The molecule has 13 heteroatoms. The Balaban J connectivity index is -0.000000349. The number of carboxylic acid groups (broad SMARTS) is 3. The second-order valence-electron chi connectivity index (χ2n) is 5.77. The summed E-state index contributed by atoms with van der Waals surface area (Å²) in [6.45, 7) is 3.67. The summed E-state index contributed by atoms with van der Waals surface area (Å²) in [4.78, 5) is 33.7. The van der Waals surface area contributed by atoms with Gasteiger partial charge in [-0.1, -0.05) is 20.3 Å². The highest BCUT2D eigenvalue weighted by molar-refractivity contribution is 5.75. The SMILES string of the molecule is CC[C@@H](C)[C@@H](N)C(=O)O.NC(N)=NCCC[C@@H](N)C(=O)O.N[C@H](CO)C(=O)O. The average molecular weight is 410 g/mol. The molecule has 0 radical (unpaired) electrons. The smallest absolute Gasteiger partial charge is 0.322 e. The van der Waals surface area contributed by atoms with Gasteiger partial charge in [-0.3, -0.25) is 19.4 Å². The molecule has 0 aromatic carbocycles. The number of carboxylic acids is 3. The van der Waals surface area contributed by atoms with E-state index in [1.54, 1.807) is 0 Å². The molecule has 13 nitrogen and oxygen atoms in total. The maximum atomic E-state index is 10.2. The van der Waals surface area contributed by atoms with Crippen LogP contribution in [0.1, 0.15) is 33.1 Å². The fourth-order valence-electron chi connectivity index (χ4n) is 1.22. The van der Waals surface area contributed by atoms with Crippen LogP contribution in [0.3, 0.4) is 0 Å². The van der Waals surface area contributed by atoms with Gasteiger partial charge in [-0.2, -0.15) is 0 Å². The second-order valence-corrected chi connectivity index (χ2v) is 5.77. The molecule has 0 fully saturated rings. The lowest BCUT2D eigenvalue weighted by Gasteiger charge is -2.11. The number of guanidine groups is 1. The topological polar surface area (TPSA) is 275 Å². The fraction of sp³-hybridized carbons (Fsp3) is 0.733. The average Bonchev–Trinajstić information content (AvgIpc) is 2.63. The molecule has 0 aliphatic heterocycles. The number of nitrogens with zero attached hydrogens (tertiary/aromatic N) is 1. The minimum atomic E-state index is -1.18. The van der Waals surface area contributed by atoms with E-state index in [0.717, 1.165) is 6.42 Å². The minimum absolute atomic E-state index is 0.0129. The normalized spacial score (nSPS) is 13.9. The Kier molecular flexibility index (Phi) is 19.4. The van der Waals surface area contributed by atoms with Crippen LogP contribution in [-0.2, 0) is 14.4 Å². The van der Waals surface area contributed by atoms with Gasteiger partial charge >= 0.3 is 17.9 Å². The molecule has 0 saturated heterocycles. The van der Waals surface area contributed by atoms with E-state index in [2.05, 4.69) is 4.99 Å². The Bertz CT molecular complexity index is 486. The van der Waals surface area contributed by atoms with E-state index in [4.69, 9.17) is 49.1 Å². The molecule has 0 heterocycles. The van der Waals surface area contributed by atoms with Crippen molar-refractivity contribution in [2.75, 3.05) is 13.2 Å². The highest BCUT2D eigenvalue weighted by atomic mass is 16.4. The summed E-state index contributed by atoms with van der Waals surface area (Å²) in [5, 5.41) is 32.6. The van der Waals surface area contributed by atoms with Gasteiger partial charge in [-0.25, -0.2) is 0 Å². The van der Waals surface area contributed by atoms with Crippen LogP contribution in [-0.4, -0.2) is 75.6 Å². The van der Waals surface area contributed by atoms with Gasteiger partial charge in [0.1, 0.15) is 18.1 Å². The van der Waals surface area contributed by atoms with Gasteiger partial charge in [0.2, 0.25) is 0 Å². The Morgan fingerprint density at radius 1 is 0.929 bits per heavy atom. The number of rotatable bonds is 10. The molecule has 14 N–H and O–H groups in total. The number of hydrogen-bond acceptors (Lipinski definition) is 8. The standard InChI is InChI=1S/C6H14N4O2.C6H13NO2.C3H7NO3/c7-4(5(11)12)2-1-3-10-6(8)9;1-3-4(2)5(7)6(8)9;4-2(1-5)3(6)7/h4H,1-3,7H2,(H,11,12)(H4,8,9,10);4-5H,3,7H2,1-2H3,(H,8,9);2,5H,1,4H2,(H,6,7)/t4-;4-,5-;2-/m111/s1. The van der Waals surface area contributed by atoms with E-state index in [-0.39, 0.29) is 11.9 Å². The number of aliphatic imine (C=N–C) groups is 1. The van der Waals surface area contributed by atoms with Gasteiger partial charge in [0, 0.05) is 6.54 Å². The maximum Gasteiger partial charge on any atom is 0.322 e. The highest BCUT2D eigenvalue weighted by Gasteiger charge is 2.17. The van der Waals surface area contributed by atoms with Gasteiger partial charge in [0.15, 0.2) is 5.96 Å². The molecule has 0 aromatic heterocycles. The molecular formula is C15H34N6O7. The van der Waals surface area contributed by atoms with Crippen LogP contribution in [0.5, 0.6) is 0 Å². The molecule has 0 spiro atoms. The van der Waals surface area contributed by atoms with Crippen LogP contribution >= 0.6 is 0 Å². The predicted molar refractivity (Wildman–Crippen MR) is 103 cm³/mol. The first-order chi connectivity index (χ1) is 12.8. The van der Waals surface area contributed by atoms with Crippen molar-refractivity contribution in [2.45, 2.75) is 51.2 Å². The first kappa shape index (κ1) is 30.3. The quantitative estimate of drug-likeness (QED) is 0.101. The van der Waals surface area contributed by atoms with Crippen LogP contribution in [0, 0.1) is 5.92 Å². The first-order valence-corrected chi connectivity index (χ1v) is 8.43. The second kappa shape index (κ2) is 17.9. The summed E-state index contributed by atoms with van der Waals surface area (Å²) >= 11 is 0. The summed E-state index contributed by atoms with van der Waals surface area (Å²) in [7, 11) is 0. The zero-order valence-corrected chi connectivity index (χ0v) is 16.2. The van der Waals surface area contributed by atoms with Gasteiger partial charge in [-0.05, 0) is 18.8 Å². The predicted octanol–water partition coefficient (Wildman–Crippen LogP) is -2.71. The highest BCUT2D eigenvalue weighted by Crippen LogP contribution is 2.04. The molecule has 0 aromatic rings. The van der Waals surface area contributed by atoms with Crippen molar-refractivity contribution in [3.8, 4) is 0 Å². The van der Waals surface area contributed by atoms with Crippen LogP contribution < -0.4 is 28.7 Å². The molecule has 0 amide bonds. The number of nitrogens with two attached hydrogens (primary N) is 5. The summed E-state index contributed by atoms with van der Waals surface area (Å²) in [6, 6.07) is -2.64. The molecule has 28 heavy (non-hydrogen) atoms. The van der Waals surface area contributed by atoms with Crippen LogP contribution in [0.2, 0.25) is 0 Å². The van der Waals surface area contributed by atoms with Crippen molar-refractivity contribution in [3.05, 3.63) is 0 Å². The summed E-state index contributed by atoms with van der Waals surface area (Å²) < 4.78 is 0. The number of hydrogen-bond donors (Lipinski definition) is 9. The van der Waals surface area contributed by atoms with E-state index < -0.39 is 42.6 Å². The van der Waals surface area contributed by atoms with Crippen LogP contribution in [0.4, 0.5) is 0 Å². The third-order valence-electron chi connectivity index (χ3n) is 3.34. The third kappa shape index (κ3) is 19.8. The number of aliphatic hydroxyl groups is 1. The monoisotopic (exact) mass is 410 g/mol. The van der Waals surface area contributed by atoms with Crippen LogP contribution in [0.25, 0.3) is 0 Å². The Morgan fingerprint density at radius 2 is 1.39 bits per heavy atom. The van der Waals surface area contributed by atoms with Crippen molar-refractivity contribution in [1.82, 2.24) is 0 Å². The lowest BCUT2D eigenvalue weighted by Crippen LogP contribution is -2.36. The maximum absolute atomic E-state index is 10.2. The fourth-order valence-corrected chi connectivity index (χ4v) is 1.22. The summed E-state index contributed by atoms with van der Waals surface area (Å²) in [5.74, 6) is -3.01. The van der Waals surface area contributed by atoms with Crippen molar-refractivity contribution in [1.29, 1.82) is 0 Å². The first-order valence-electron chi connectivity index (χ1n) is 8.43. The van der Waals surface area contributed by atoms with E-state index in [1.165, 1.54) is 0 Å². The Labute approximate surface area is 163 Å². The summed E-state index contributed by atoms with van der Waals surface area (Å²) in [5.41, 5.74) is 25.4. The van der Waals surface area contributed by atoms with Crippen molar-refractivity contribution in [3.63, 3.8) is 0 Å². The van der Waals surface area contributed by atoms with Gasteiger partial charge in [-0.15, -0.1) is 0 Å². The van der Waals surface area contributed by atoms with E-state index >= 15 is 0 Å². The van der Waals surface area contributed by atoms with Crippen LogP contribution in [0.15, 0.2) is 4.99 Å². The minimum Gasteiger partial charge on any atom is -0.480 e. The summed E-state index contributed by atoms with van der Waals surface area (Å²) in [6.07, 6.45) is 1.77. The van der Waals surface area contributed by atoms with Gasteiger partial charge in [0.05, 0.1) is 6.61 Å². The third-order valence-corrected chi connectivity index (χ3v) is 3.34. The number of carbonyl (C=O) groups is 3. The van der Waals surface area contributed by atoms with Gasteiger partial charge < -0.3 is 49.1 Å². The van der Waals surface area contributed by atoms with E-state index in [1.807, 2.05) is 13.8 Å². The number of aliphatic carboxylic acids is 3. The zero-order chi connectivity index (χ0) is 22.9. The largest absolute Gasteiger partial charge is 0.480 e. The number of aliphatic hydroxyl groups excluding tert-OH is 1. The lowest BCUT2D eigenvalue weighted by molar-refractivity contribution is -0.140. The van der Waals surface area contributed by atoms with Crippen molar-refractivity contribution < 1.29 is 34.8 Å². The van der Waals surface area contributed by atoms with Crippen molar-refractivity contribution >= 4 is 23.9 Å². The van der Waals surface area contributed by atoms with Crippen molar-refractivity contribution in [2.24, 2.45) is 39.6 Å². The molecule has 0 saturated carbocycles. The van der Waals surface area contributed by atoms with Gasteiger partial charge in [0.25, 0.3) is 0 Å². The molecule has 0 bridgehead atoms. The molecule has 0 rings (SSSR count). The molecule has 0 aliphatic carbocycles. The Hall–Kier alpha value is -2.48. The van der Waals surface area contributed by atoms with E-state index in [0.29, 0.717) is 19.4 Å². The lowest BCUT2D eigenvalue weighted by atomic mass is 10.0. The molecular weight excluding hydrogens is 376 g/mol. The molecule has 166 valence electrons.